The lowest BCUT2D eigenvalue weighted by Gasteiger charge is -2.14. The minimum absolute atomic E-state index is 0.166. The van der Waals surface area contributed by atoms with Gasteiger partial charge in [0.15, 0.2) is 11.5 Å². The van der Waals surface area contributed by atoms with Crippen molar-refractivity contribution >= 4 is 16.8 Å². The number of methoxy groups -OCH3 is 3. The normalized spacial score (nSPS) is 10.6. The first-order chi connectivity index (χ1) is 16.0. The number of benzene rings is 3. The van der Waals surface area contributed by atoms with Gasteiger partial charge in [0, 0.05) is 12.1 Å². The number of nitrogens with one attached hydrogen (secondary N) is 1. The third-order valence-electron chi connectivity index (χ3n) is 5.25. The molecule has 0 aliphatic heterocycles. The van der Waals surface area contributed by atoms with Gasteiger partial charge in [-0.05, 0) is 54.1 Å². The van der Waals surface area contributed by atoms with Crippen molar-refractivity contribution in [2.45, 2.75) is 6.54 Å². The lowest BCUT2D eigenvalue weighted by atomic mass is 10.1. The molecule has 0 aliphatic rings. The van der Waals surface area contributed by atoms with Crippen LogP contribution < -0.4 is 25.1 Å². The van der Waals surface area contributed by atoms with Gasteiger partial charge in [-0.2, -0.15) is 0 Å². The van der Waals surface area contributed by atoms with Crippen LogP contribution in [0.5, 0.6) is 17.2 Å². The molecule has 3 aromatic carbocycles. The third kappa shape index (κ3) is 4.36. The lowest BCUT2D eigenvalue weighted by molar-refractivity contribution is 0.0951. The number of ether oxygens (including phenoxy) is 3. The van der Waals surface area contributed by atoms with E-state index in [1.807, 2.05) is 6.07 Å². The van der Waals surface area contributed by atoms with Crippen LogP contribution in [-0.2, 0) is 6.54 Å². The summed E-state index contributed by atoms with van der Waals surface area (Å²) in [6.07, 6.45) is 1.49. The predicted molar refractivity (Wildman–Crippen MR) is 125 cm³/mol. The molecule has 4 aromatic rings. The number of amides is 1. The summed E-state index contributed by atoms with van der Waals surface area (Å²) in [7, 11) is 4.61. The molecule has 0 unspecified atom stereocenters. The number of hydrogen-bond acceptors (Lipinski definition) is 6. The smallest absolute Gasteiger partial charge is 0.265 e. The lowest BCUT2D eigenvalue weighted by Crippen LogP contribution is -2.23. The van der Waals surface area contributed by atoms with E-state index in [9.17, 15) is 9.59 Å². The zero-order valence-corrected chi connectivity index (χ0v) is 18.5. The Morgan fingerprint density at radius 1 is 0.939 bits per heavy atom. The largest absolute Gasteiger partial charge is 0.493 e. The number of rotatable bonds is 7. The van der Waals surface area contributed by atoms with Crippen molar-refractivity contribution in [1.29, 1.82) is 0 Å². The highest BCUT2D eigenvalue weighted by atomic mass is 16.5. The van der Waals surface area contributed by atoms with E-state index in [-0.39, 0.29) is 18.0 Å². The van der Waals surface area contributed by atoms with Crippen molar-refractivity contribution in [3.63, 3.8) is 0 Å². The number of nitrogens with zero attached hydrogens (tertiary/aromatic N) is 2. The average molecular weight is 445 g/mol. The second-order valence-corrected chi connectivity index (χ2v) is 7.20. The van der Waals surface area contributed by atoms with Crippen molar-refractivity contribution in [2.24, 2.45) is 0 Å². The van der Waals surface area contributed by atoms with E-state index in [4.69, 9.17) is 14.2 Å². The molecular formula is C25H23N3O5. The Labute approximate surface area is 190 Å². The van der Waals surface area contributed by atoms with Crippen LogP contribution in [0.2, 0.25) is 0 Å². The van der Waals surface area contributed by atoms with Gasteiger partial charge in [0.1, 0.15) is 6.33 Å². The molecule has 4 rings (SSSR count). The van der Waals surface area contributed by atoms with Gasteiger partial charge in [-0.25, -0.2) is 4.98 Å². The third-order valence-corrected chi connectivity index (χ3v) is 5.25. The summed E-state index contributed by atoms with van der Waals surface area (Å²) < 4.78 is 17.5. The Balaban J connectivity index is 1.51. The number of para-hydroxylation sites is 1. The van der Waals surface area contributed by atoms with Gasteiger partial charge < -0.3 is 19.5 Å². The monoisotopic (exact) mass is 445 g/mol. The van der Waals surface area contributed by atoms with Gasteiger partial charge >= 0.3 is 0 Å². The summed E-state index contributed by atoms with van der Waals surface area (Å²) in [6, 6.07) is 17.5. The van der Waals surface area contributed by atoms with E-state index in [0.717, 1.165) is 5.56 Å². The topological polar surface area (TPSA) is 91.7 Å². The SMILES string of the molecule is COc1cc(CNC(=O)c2ccc(-n3cnc4ccccc4c3=O)cc2)cc(OC)c1OC. The minimum atomic E-state index is -0.251. The maximum Gasteiger partial charge on any atom is 0.265 e. The molecular weight excluding hydrogens is 422 g/mol. The molecule has 8 nitrogen and oxygen atoms in total. The summed E-state index contributed by atoms with van der Waals surface area (Å²) in [4.78, 5) is 29.8. The van der Waals surface area contributed by atoms with Crippen LogP contribution in [0.1, 0.15) is 15.9 Å². The van der Waals surface area contributed by atoms with Gasteiger partial charge in [-0.15, -0.1) is 0 Å². The quantitative estimate of drug-likeness (QED) is 0.469. The van der Waals surface area contributed by atoms with Crippen LogP contribution >= 0.6 is 0 Å². The fourth-order valence-corrected chi connectivity index (χ4v) is 3.55. The van der Waals surface area contributed by atoms with Gasteiger partial charge in [-0.3, -0.25) is 14.2 Å². The van der Waals surface area contributed by atoms with E-state index >= 15 is 0 Å². The van der Waals surface area contributed by atoms with Crippen molar-refractivity contribution in [1.82, 2.24) is 14.9 Å². The van der Waals surface area contributed by atoms with Crippen LogP contribution in [0.15, 0.2) is 71.8 Å². The first-order valence-corrected chi connectivity index (χ1v) is 10.2. The van der Waals surface area contributed by atoms with Crippen LogP contribution in [0.3, 0.4) is 0 Å². The molecule has 0 saturated carbocycles. The Morgan fingerprint density at radius 2 is 1.61 bits per heavy atom. The zero-order valence-electron chi connectivity index (χ0n) is 18.5. The molecule has 0 atom stereocenters. The average Bonchev–Trinajstić information content (AvgIpc) is 2.87. The molecule has 168 valence electrons. The molecule has 0 radical (unpaired) electrons. The number of aromatic nitrogens is 2. The summed E-state index contributed by atoms with van der Waals surface area (Å²) in [5.41, 5.74) is 2.36. The summed E-state index contributed by atoms with van der Waals surface area (Å²) in [6.45, 7) is 0.269. The van der Waals surface area contributed by atoms with E-state index in [1.165, 1.54) is 32.2 Å². The molecule has 1 N–H and O–H groups in total. The standard InChI is InChI=1S/C25H23N3O5/c1-31-21-12-16(13-22(32-2)23(21)33-3)14-26-24(29)17-8-10-18(11-9-17)28-15-27-20-7-5-4-6-19(20)25(28)30/h4-13,15H,14H2,1-3H3,(H,26,29). The van der Waals surface area contributed by atoms with Crippen LogP contribution in [-0.4, -0.2) is 36.8 Å². The van der Waals surface area contributed by atoms with E-state index in [2.05, 4.69) is 10.3 Å². The number of carbonyl (C=O) groups excluding carboxylic acids is 1. The van der Waals surface area contributed by atoms with E-state index < -0.39 is 0 Å². The fourth-order valence-electron chi connectivity index (χ4n) is 3.55. The Kier molecular flexibility index (Phi) is 6.26. The molecule has 0 spiro atoms. The second kappa shape index (κ2) is 9.44. The van der Waals surface area contributed by atoms with Crippen molar-refractivity contribution in [3.8, 4) is 22.9 Å². The molecule has 0 aliphatic carbocycles. The molecule has 33 heavy (non-hydrogen) atoms. The molecule has 0 bridgehead atoms. The highest BCUT2D eigenvalue weighted by Gasteiger charge is 2.14. The van der Waals surface area contributed by atoms with Gasteiger partial charge in [0.05, 0.1) is 37.9 Å². The molecule has 8 heteroatoms. The molecule has 1 amide bonds. The van der Waals surface area contributed by atoms with Crippen molar-refractivity contribution < 1.29 is 19.0 Å². The Bertz CT molecular complexity index is 1340. The van der Waals surface area contributed by atoms with Crippen LogP contribution in [0.25, 0.3) is 16.6 Å². The first kappa shape index (κ1) is 21.9. The molecule has 0 saturated heterocycles. The molecule has 1 heterocycles. The fraction of sp³-hybridized carbons (Fsp3) is 0.160. The molecule has 0 fully saturated rings. The highest BCUT2D eigenvalue weighted by molar-refractivity contribution is 5.94. The van der Waals surface area contributed by atoms with Crippen molar-refractivity contribution in [2.75, 3.05) is 21.3 Å². The maximum atomic E-state index is 12.8. The predicted octanol–water partition coefficient (Wildman–Crippen LogP) is 3.34. The Hall–Kier alpha value is -4.33. The minimum Gasteiger partial charge on any atom is -0.493 e. The zero-order chi connectivity index (χ0) is 23.4. The van der Waals surface area contributed by atoms with E-state index in [1.54, 1.807) is 54.6 Å². The maximum absolute atomic E-state index is 12.8. The summed E-state index contributed by atoms with van der Waals surface area (Å²) >= 11 is 0. The second-order valence-electron chi connectivity index (χ2n) is 7.20. The molecule has 1 aromatic heterocycles. The van der Waals surface area contributed by atoms with Crippen LogP contribution in [0.4, 0.5) is 0 Å². The van der Waals surface area contributed by atoms with Crippen LogP contribution in [0, 0.1) is 0 Å². The van der Waals surface area contributed by atoms with Gasteiger partial charge in [-0.1, -0.05) is 12.1 Å². The number of hydrogen-bond donors (Lipinski definition) is 1. The summed E-state index contributed by atoms with van der Waals surface area (Å²) in [5.74, 6) is 1.27. The van der Waals surface area contributed by atoms with Gasteiger partial charge in [0.2, 0.25) is 5.75 Å². The van der Waals surface area contributed by atoms with E-state index in [0.29, 0.717) is 39.4 Å². The summed E-state index contributed by atoms with van der Waals surface area (Å²) in [5, 5.41) is 3.41. The Morgan fingerprint density at radius 3 is 2.24 bits per heavy atom. The van der Waals surface area contributed by atoms with Gasteiger partial charge in [0.25, 0.3) is 11.5 Å². The number of fused-ring (bicyclic) bond motifs is 1. The first-order valence-electron chi connectivity index (χ1n) is 10.2. The highest BCUT2D eigenvalue weighted by Crippen LogP contribution is 2.38. The van der Waals surface area contributed by atoms with Crippen molar-refractivity contribution in [3.05, 3.63) is 88.5 Å². The number of carbonyl (C=O) groups is 1.